The van der Waals surface area contributed by atoms with Crippen LogP contribution in [-0.2, 0) is 14.1 Å². The molecule has 0 saturated carbocycles. The first-order valence-corrected chi connectivity index (χ1v) is 10.8. The fourth-order valence-corrected chi connectivity index (χ4v) is 3.08. The van der Waals surface area contributed by atoms with Crippen LogP contribution in [0.3, 0.4) is 0 Å². The number of esters is 1. The van der Waals surface area contributed by atoms with Crippen LogP contribution in [0.2, 0.25) is 0 Å². The summed E-state index contributed by atoms with van der Waals surface area (Å²) in [6, 6.07) is 5.42. The molecule has 0 fully saturated rings. The van der Waals surface area contributed by atoms with Gasteiger partial charge in [-0.3, -0.25) is 4.57 Å². The van der Waals surface area contributed by atoms with Crippen LogP contribution in [0.5, 0.6) is 11.5 Å². The monoisotopic (exact) mass is 400 g/mol. The fraction of sp³-hybridized carbons (Fsp3) is 0.526. The number of carbonyl (C=O) groups excluding carboxylic acids is 1. The topological polar surface area (TPSA) is 102 Å². The molecule has 0 aromatic heterocycles. The van der Waals surface area contributed by atoms with Crippen LogP contribution in [-0.4, -0.2) is 42.7 Å². The van der Waals surface area contributed by atoms with Crippen molar-refractivity contribution in [1.29, 1.82) is 0 Å². The van der Waals surface area contributed by atoms with Crippen molar-refractivity contribution in [3.8, 4) is 11.5 Å². The quantitative estimate of drug-likeness (QED) is 0.225. The molecule has 152 valence electrons. The minimum absolute atomic E-state index is 0.0271. The number of hydrogen-bond donors (Lipinski definition) is 2. The van der Waals surface area contributed by atoms with Crippen LogP contribution < -0.4 is 9.47 Å². The Bertz CT molecular complexity index is 651. The highest BCUT2D eigenvalue weighted by molar-refractivity contribution is 7.51. The number of methoxy groups -OCH3 is 2. The van der Waals surface area contributed by atoms with Crippen LogP contribution in [0.1, 0.15) is 44.1 Å². The van der Waals surface area contributed by atoms with E-state index in [-0.39, 0.29) is 6.16 Å². The van der Waals surface area contributed by atoms with Gasteiger partial charge in [-0.1, -0.05) is 31.7 Å². The molecule has 27 heavy (non-hydrogen) atoms. The third-order valence-electron chi connectivity index (χ3n) is 3.90. The fourth-order valence-electron chi connectivity index (χ4n) is 2.45. The zero-order chi connectivity index (χ0) is 20.1. The van der Waals surface area contributed by atoms with Crippen LogP contribution in [0, 0.1) is 0 Å². The molecule has 0 atom stereocenters. The Hall–Kier alpha value is -1.82. The Labute approximate surface area is 160 Å². The van der Waals surface area contributed by atoms with Gasteiger partial charge in [-0.2, -0.15) is 0 Å². The van der Waals surface area contributed by atoms with Gasteiger partial charge in [-0.15, -0.1) is 0 Å². The normalized spacial score (nSPS) is 11.6. The molecule has 0 spiro atoms. The molecule has 0 bridgehead atoms. The lowest BCUT2D eigenvalue weighted by atomic mass is 10.1. The van der Waals surface area contributed by atoms with Crippen molar-refractivity contribution in [2.24, 2.45) is 0 Å². The number of unbranched alkanes of at least 4 members (excludes halogenated alkanes) is 5. The maximum Gasteiger partial charge on any atom is 0.330 e. The Morgan fingerprint density at radius 2 is 1.70 bits per heavy atom. The van der Waals surface area contributed by atoms with E-state index in [9.17, 15) is 9.36 Å². The smallest absolute Gasteiger partial charge is 0.330 e. The van der Waals surface area contributed by atoms with E-state index in [4.69, 9.17) is 19.3 Å². The first kappa shape index (κ1) is 23.2. The van der Waals surface area contributed by atoms with Crippen LogP contribution >= 0.6 is 7.60 Å². The molecule has 7 nitrogen and oxygen atoms in total. The minimum atomic E-state index is -3.85. The van der Waals surface area contributed by atoms with Crippen LogP contribution in [0.15, 0.2) is 24.3 Å². The van der Waals surface area contributed by atoms with Gasteiger partial charge in [-0.25, -0.2) is 4.79 Å². The maximum absolute atomic E-state index is 11.1. The summed E-state index contributed by atoms with van der Waals surface area (Å²) in [5, 5.41) is 0. The standard InChI is InChI=1S/C19H29O7P/c1-24-18-15-16(10-12-19(20)25-2)9-11-17(18)26-13-7-5-3-4-6-8-14-27(21,22)23/h9-12,15H,3-8,13-14H2,1-2H3,(H2,21,22,23)/b12-10+. The Balaban J connectivity index is 2.29. The molecule has 0 heterocycles. The van der Waals surface area contributed by atoms with Crippen molar-refractivity contribution in [2.75, 3.05) is 27.0 Å². The van der Waals surface area contributed by atoms with Crippen LogP contribution in [0.4, 0.5) is 0 Å². The molecule has 0 aliphatic rings. The molecule has 0 unspecified atom stereocenters. The molecule has 1 rings (SSSR count). The maximum atomic E-state index is 11.1. The lowest BCUT2D eigenvalue weighted by Crippen LogP contribution is -2.00. The first-order chi connectivity index (χ1) is 12.9. The van der Waals surface area contributed by atoms with E-state index in [1.165, 1.54) is 13.2 Å². The van der Waals surface area contributed by atoms with E-state index in [1.54, 1.807) is 25.3 Å². The average Bonchev–Trinajstić information content (AvgIpc) is 2.64. The van der Waals surface area contributed by atoms with E-state index in [0.29, 0.717) is 24.5 Å². The molecule has 0 aliphatic heterocycles. The largest absolute Gasteiger partial charge is 0.493 e. The predicted octanol–water partition coefficient (Wildman–Crippen LogP) is 3.78. The third kappa shape index (κ3) is 10.8. The van der Waals surface area contributed by atoms with Gasteiger partial charge < -0.3 is 24.0 Å². The summed E-state index contributed by atoms with van der Waals surface area (Å²) in [4.78, 5) is 28.7. The highest BCUT2D eigenvalue weighted by atomic mass is 31.2. The second kappa shape index (κ2) is 12.5. The molecule has 1 aromatic carbocycles. The predicted molar refractivity (Wildman–Crippen MR) is 104 cm³/mol. The lowest BCUT2D eigenvalue weighted by Gasteiger charge is -2.11. The van der Waals surface area contributed by atoms with Gasteiger partial charge in [0.1, 0.15) is 0 Å². The minimum Gasteiger partial charge on any atom is -0.493 e. The Kier molecular flexibility index (Phi) is 10.8. The molecule has 0 amide bonds. The van der Waals surface area contributed by atoms with E-state index in [0.717, 1.165) is 37.7 Å². The number of rotatable bonds is 13. The summed E-state index contributed by atoms with van der Waals surface area (Å²) in [5.41, 5.74) is 0.805. The zero-order valence-electron chi connectivity index (χ0n) is 15.9. The summed E-state index contributed by atoms with van der Waals surface area (Å²) in [5.74, 6) is 0.824. The van der Waals surface area contributed by atoms with Gasteiger partial charge in [0, 0.05) is 12.2 Å². The molecular weight excluding hydrogens is 371 g/mol. The summed E-state index contributed by atoms with van der Waals surface area (Å²) < 4.78 is 26.4. The number of hydrogen-bond acceptors (Lipinski definition) is 5. The average molecular weight is 400 g/mol. The van der Waals surface area contributed by atoms with Gasteiger partial charge >= 0.3 is 13.6 Å². The summed E-state index contributed by atoms with van der Waals surface area (Å²) in [7, 11) is -0.959. The molecule has 0 saturated heterocycles. The van der Waals surface area contributed by atoms with E-state index in [2.05, 4.69) is 4.74 Å². The lowest BCUT2D eigenvalue weighted by molar-refractivity contribution is -0.134. The Morgan fingerprint density at radius 3 is 2.33 bits per heavy atom. The highest BCUT2D eigenvalue weighted by Gasteiger charge is 2.11. The van der Waals surface area contributed by atoms with Crippen LogP contribution in [0.25, 0.3) is 6.08 Å². The van der Waals surface area contributed by atoms with Crippen molar-refractivity contribution in [3.05, 3.63) is 29.8 Å². The number of benzene rings is 1. The Morgan fingerprint density at radius 1 is 1.04 bits per heavy atom. The van der Waals surface area contributed by atoms with Crippen molar-refractivity contribution >= 4 is 19.6 Å². The van der Waals surface area contributed by atoms with Crippen molar-refractivity contribution < 1.29 is 33.4 Å². The molecule has 0 radical (unpaired) electrons. The number of carbonyl (C=O) groups is 1. The van der Waals surface area contributed by atoms with E-state index < -0.39 is 13.6 Å². The molecule has 1 aromatic rings. The van der Waals surface area contributed by atoms with E-state index >= 15 is 0 Å². The third-order valence-corrected chi connectivity index (χ3v) is 4.80. The highest BCUT2D eigenvalue weighted by Crippen LogP contribution is 2.35. The molecule has 0 aliphatic carbocycles. The zero-order valence-corrected chi connectivity index (χ0v) is 16.8. The second-order valence-electron chi connectivity index (χ2n) is 6.12. The molecular formula is C19H29O7P. The van der Waals surface area contributed by atoms with Crippen molar-refractivity contribution in [1.82, 2.24) is 0 Å². The van der Waals surface area contributed by atoms with Gasteiger partial charge in [0.2, 0.25) is 0 Å². The van der Waals surface area contributed by atoms with Gasteiger partial charge in [0.25, 0.3) is 0 Å². The summed E-state index contributed by atoms with van der Waals surface area (Å²) >= 11 is 0. The van der Waals surface area contributed by atoms with E-state index in [1.807, 2.05) is 6.07 Å². The summed E-state index contributed by atoms with van der Waals surface area (Å²) in [6.07, 6.45) is 8.23. The van der Waals surface area contributed by atoms with Gasteiger partial charge in [0.05, 0.1) is 20.8 Å². The second-order valence-corrected chi connectivity index (χ2v) is 7.90. The summed E-state index contributed by atoms with van der Waals surface area (Å²) in [6.45, 7) is 0.566. The SMILES string of the molecule is COC(=O)/C=C/c1ccc(OCCCCCCCCP(=O)(O)O)c(OC)c1. The van der Waals surface area contributed by atoms with Crippen molar-refractivity contribution in [2.45, 2.75) is 38.5 Å². The van der Waals surface area contributed by atoms with Gasteiger partial charge in [-0.05, 0) is 36.6 Å². The van der Waals surface area contributed by atoms with Gasteiger partial charge in [0.15, 0.2) is 11.5 Å². The van der Waals surface area contributed by atoms with Crippen molar-refractivity contribution in [3.63, 3.8) is 0 Å². The molecule has 2 N–H and O–H groups in total. The first-order valence-electron chi connectivity index (χ1n) is 8.97. The number of ether oxygens (including phenoxy) is 3. The molecule has 8 heteroatoms.